The lowest BCUT2D eigenvalue weighted by Gasteiger charge is -2.14. The number of nitrogens with one attached hydrogen (secondary N) is 1. The summed E-state index contributed by atoms with van der Waals surface area (Å²) in [7, 11) is 6.21. The van der Waals surface area contributed by atoms with E-state index >= 15 is 0 Å². The number of carbonyl (C=O) groups excluding carboxylic acids is 1. The molecule has 2 rings (SSSR count). The Balaban J connectivity index is 0.00000364. The first kappa shape index (κ1) is 22.2. The molecule has 0 aliphatic rings. The van der Waals surface area contributed by atoms with Crippen LogP contribution >= 0.6 is 12.4 Å². The summed E-state index contributed by atoms with van der Waals surface area (Å²) >= 11 is 0. The van der Waals surface area contributed by atoms with Crippen LogP contribution in [0.4, 0.5) is 11.4 Å². The Labute approximate surface area is 165 Å². The summed E-state index contributed by atoms with van der Waals surface area (Å²) in [6.45, 7) is 0. The molecule has 8 heteroatoms. The number of carbonyl (C=O) groups is 1. The van der Waals surface area contributed by atoms with Gasteiger partial charge in [0.15, 0.2) is 11.5 Å². The van der Waals surface area contributed by atoms with Crippen LogP contribution in [0.2, 0.25) is 0 Å². The van der Waals surface area contributed by atoms with E-state index in [2.05, 4.69) is 5.32 Å². The molecule has 2 aromatic carbocycles. The van der Waals surface area contributed by atoms with E-state index in [0.29, 0.717) is 47.2 Å². The first-order valence-electron chi connectivity index (χ1n) is 8.04. The first-order chi connectivity index (χ1) is 12.5. The number of ether oxygens (including phenoxy) is 4. The number of amides is 1. The predicted octanol–water partition coefficient (Wildman–Crippen LogP) is 3.30. The maximum atomic E-state index is 12.2. The Morgan fingerprint density at radius 3 is 2.00 bits per heavy atom. The van der Waals surface area contributed by atoms with Crippen LogP contribution in [0.15, 0.2) is 30.3 Å². The van der Waals surface area contributed by atoms with E-state index in [1.165, 1.54) is 0 Å². The van der Waals surface area contributed by atoms with Gasteiger partial charge in [0.05, 0.1) is 34.1 Å². The fraction of sp³-hybridized carbons (Fsp3) is 0.316. The molecule has 27 heavy (non-hydrogen) atoms. The highest BCUT2D eigenvalue weighted by molar-refractivity contribution is 5.91. The Hall–Kier alpha value is -2.80. The van der Waals surface area contributed by atoms with Crippen LogP contribution in [0, 0.1) is 0 Å². The normalized spacial score (nSPS) is 9.78. The molecule has 0 unspecified atom stereocenters. The molecule has 0 spiro atoms. The largest absolute Gasteiger partial charge is 0.495 e. The molecule has 148 valence electrons. The van der Waals surface area contributed by atoms with Crippen molar-refractivity contribution in [2.75, 3.05) is 39.5 Å². The number of benzene rings is 2. The van der Waals surface area contributed by atoms with E-state index in [1.54, 1.807) is 46.6 Å². The third-order valence-corrected chi connectivity index (χ3v) is 3.88. The van der Waals surface area contributed by atoms with Gasteiger partial charge in [-0.2, -0.15) is 0 Å². The lowest BCUT2D eigenvalue weighted by atomic mass is 10.1. The molecule has 7 nitrogen and oxygen atoms in total. The predicted molar refractivity (Wildman–Crippen MR) is 108 cm³/mol. The summed E-state index contributed by atoms with van der Waals surface area (Å²) in [5.41, 5.74) is 7.85. The van der Waals surface area contributed by atoms with Gasteiger partial charge in [-0.05, 0) is 42.3 Å². The Bertz CT molecular complexity index is 758. The van der Waals surface area contributed by atoms with Gasteiger partial charge in [0, 0.05) is 12.1 Å². The second-order valence-corrected chi connectivity index (χ2v) is 5.54. The third kappa shape index (κ3) is 5.59. The van der Waals surface area contributed by atoms with Crippen LogP contribution in [0.5, 0.6) is 23.0 Å². The number of hydrogen-bond donors (Lipinski definition) is 2. The second kappa shape index (κ2) is 10.4. The van der Waals surface area contributed by atoms with Gasteiger partial charge < -0.3 is 30.0 Å². The van der Waals surface area contributed by atoms with Gasteiger partial charge in [-0.1, -0.05) is 0 Å². The molecule has 0 bridgehead atoms. The number of nitrogens with two attached hydrogens (primary N) is 1. The average Bonchev–Trinajstić information content (AvgIpc) is 2.65. The van der Waals surface area contributed by atoms with Gasteiger partial charge in [-0.25, -0.2) is 0 Å². The Morgan fingerprint density at radius 2 is 1.52 bits per heavy atom. The summed E-state index contributed by atoms with van der Waals surface area (Å²) in [4.78, 5) is 12.2. The molecule has 3 N–H and O–H groups in total. The van der Waals surface area contributed by atoms with Gasteiger partial charge >= 0.3 is 0 Å². The van der Waals surface area contributed by atoms with E-state index in [9.17, 15) is 4.79 Å². The molecule has 0 atom stereocenters. The van der Waals surface area contributed by atoms with Gasteiger partial charge in [0.1, 0.15) is 5.75 Å². The number of anilines is 2. The fourth-order valence-corrected chi connectivity index (χ4v) is 2.57. The van der Waals surface area contributed by atoms with E-state index in [1.807, 2.05) is 12.1 Å². The van der Waals surface area contributed by atoms with E-state index in [-0.39, 0.29) is 18.3 Å². The van der Waals surface area contributed by atoms with E-state index in [0.717, 1.165) is 5.56 Å². The summed E-state index contributed by atoms with van der Waals surface area (Å²) in [6.07, 6.45) is 0.818. The van der Waals surface area contributed by atoms with Crippen molar-refractivity contribution in [3.63, 3.8) is 0 Å². The zero-order valence-electron chi connectivity index (χ0n) is 15.8. The standard InChI is InChI=1S/C19H24N2O5.ClH/c1-23-15-7-6-13(11-14(15)20)21-18(22)8-5-12-9-16(24-2)19(26-4)17(10-12)25-3;/h6-7,9-11H,5,8,20H2,1-4H3,(H,21,22);1H. The average molecular weight is 397 g/mol. The topological polar surface area (TPSA) is 92.0 Å². The van der Waals surface area contributed by atoms with E-state index < -0.39 is 0 Å². The first-order valence-corrected chi connectivity index (χ1v) is 8.04. The molecule has 0 aliphatic heterocycles. The van der Waals surface area contributed by atoms with Crippen LogP contribution in [-0.4, -0.2) is 34.3 Å². The summed E-state index contributed by atoms with van der Waals surface area (Å²) in [5.74, 6) is 2.09. The monoisotopic (exact) mass is 396 g/mol. The maximum absolute atomic E-state index is 12.2. The summed E-state index contributed by atoms with van der Waals surface area (Å²) in [5, 5.41) is 2.82. The number of nitrogen functional groups attached to an aromatic ring is 1. The zero-order valence-corrected chi connectivity index (χ0v) is 16.6. The number of halogens is 1. The van der Waals surface area contributed by atoms with Crippen molar-refractivity contribution in [3.05, 3.63) is 35.9 Å². The number of rotatable bonds is 8. The molecule has 0 fully saturated rings. The van der Waals surface area contributed by atoms with Crippen molar-refractivity contribution >= 4 is 29.7 Å². The highest BCUT2D eigenvalue weighted by Gasteiger charge is 2.14. The number of hydrogen-bond acceptors (Lipinski definition) is 6. The van der Waals surface area contributed by atoms with Gasteiger partial charge in [-0.15, -0.1) is 12.4 Å². The highest BCUT2D eigenvalue weighted by Crippen LogP contribution is 2.38. The summed E-state index contributed by atoms with van der Waals surface area (Å²) < 4.78 is 21.0. The third-order valence-electron chi connectivity index (χ3n) is 3.88. The molecule has 2 aromatic rings. The minimum absolute atomic E-state index is 0. The molecule has 0 saturated heterocycles. The van der Waals surface area contributed by atoms with Crippen molar-refractivity contribution in [2.45, 2.75) is 12.8 Å². The second-order valence-electron chi connectivity index (χ2n) is 5.54. The van der Waals surface area contributed by atoms with Gasteiger partial charge in [-0.3, -0.25) is 4.79 Å². The van der Waals surface area contributed by atoms with Crippen LogP contribution in [0.25, 0.3) is 0 Å². The van der Waals surface area contributed by atoms with Crippen molar-refractivity contribution in [3.8, 4) is 23.0 Å². The zero-order chi connectivity index (χ0) is 19.1. The van der Waals surface area contributed by atoms with Gasteiger partial charge in [0.2, 0.25) is 11.7 Å². The molecule has 1 amide bonds. The molecular weight excluding hydrogens is 372 g/mol. The van der Waals surface area contributed by atoms with Crippen molar-refractivity contribution < 1.29 is 23.7 Å². The molecule has 0 radical (unpaired) electrons. The van der Waals surface area contributed by atoms with Crippen LogP contribution in [0.1, 0.15) is 12.0 Å². The molecular formula is C19H25ClN2O5. The lowest BCUT2D eigenvalue weighted by Crippen LogP contribution is -2.12. The minimum atomic E-state index is -0.122. The quantitative estimate of drug-likeness (QED) is 0.665. The van der Waals surface area contributed by atoms with Crippen molar-refractivity contribution in [2.24, 2.45) is 0 Å². The van der Waals surface area contributed by atoms with Crippen LogP contribution in [-0.2, 0) is 11.2 Å². The van der Waals surface area contributed by atoms with E-state index in [4.69, 9.17) is 24.7 Å². The molecule has 0 saturated carbocycles. The number of aryl methyl sites for hydroxylation is 1. The lowest BCUT2D eigenvalue weighted by molar-refractivity contribution is -0.116. The number of methoxy groups -OCH3 is 4. The Morgan fingerprint density at radius 1 is 0.926 bits per heavy atom. The molecule has 0 heterocycles. The highest BCUT2D eigenvalue weighted by atomic mass is 35.5. The fourth-order valence-electron chi connectivity index (χ4n) is 2.57. The van der Waals surface area contributed by atoms with Crippen LogP contribution < -0.4 is 30.0 Å². The minimum Gasteiger partial charge on any atom is -0.495 e. The van der Waals surface area contributed by atoms with Gasteiger partial charge in [0.25, 0.3) is 0 Å². The SMILES string of the molecule is COc1ccc(NC(=O)CCc2cc(OC)c(OC)c(OC)c2)cc1N.Cl. The Kier molecular flexibility index (Phi) is 8.55. The maximum Gasteiger partial charge on any atom is 0.224 e. The molecule has 0 aromatic heterocycles. The van der Waals surface area contributed by atoms with Crippen LogP contribution in [0.3, 0.4) is 0 Å². The van der Waals surface area contributed by atoms with Crippen molar-refractivity contribution in [1.82, 2.24) is 0 Å². The molecule has 0 aliphatic carbocycles. The van der Waals surface area contributed by atoms with Crippen molar-refractivity contribution in [1.29, 1.82) is 0 Å². The summed E-state index contributed by atoms with van der Waals surface area (Å²) in [6, 6.07) is 8.78. The smallest absolute Gasteiger partial charge is 0.224 e.